The molecule has 1 rings (SSSR count). The lowest BCUT2D eigenvalue weighted by atomic mass is 9.97. The van der Waals surface area contributed by atoms with E-state index < -0.39 is 30.8 Å². The Hall–Kier alpha value is -1.25. The van der Waals surface area contributed by atoms with Crippen LogP contribution < -0.4 is 0 Å². The minimum Gasteiger partial charge on any atom is -0.392 e. The molecule has 1 aromatic rings. The number of aliphatic hydroxyl groups excluding tert-OH is 1. The summed E-state index contributed by atoms with van der Waals surface area (Å²) >= 11 is 0. The lowest BCUT2D eigenvalue weighted by Crippen LogP contribution is -2.45. The van der Waals surface area contributed by atoms with Crippen LogP contribution in [0.25, 0.3) is 0 Å². The Morgan fingerprint density at radius 1 is 1.15 bits per heavy atom. The number of nitrogens with zero attached hydrogens (tertiary/aromatic N) is 2. The maximum absolute atomic E-state index is 12.4. The first-order chi connectivity index (χ1) is 8.93. The average Bonchev–Trinajstić information content (AvgIpc) is 2.60. The summed E-state index contributed by atoms with van der Waals surface area (Å²) in [6.07, 6.45) is -13.1. The van der Waals surface area contributed by atoms with Crippen LogP contribution >= 0.6 is 0 Å². The van der Waals surface area contributed by atoms with Crippen LogP contribution in [0.4, 0.5) is 26.3 Å². The van der Waals surface area contributed by atoms with Crippen molar-refractivity contribution in [2.24, 2.45) is 5.92 Å². The van der Waals surface area contributed by atoms with E-state index in [1.165, 1.54) is 16.9 Å². The zero-order valence-corrected chi connectivity index (χ0v) is 10.7. The Morgan fingerprint density at radius 3 is 2.00 bits per heavy atom. The van der Waals surface area contributed by atoms with Crippen molar-refractivity contribution in [1.82, 2.24) is 9.78 Å². The van der Waals surface area contributed by atoms with Gasteiger partial charge in [0.1, 0.15) is 0 Å². The van der Waals surface area contributed by atoms with E-state index in [1.807, 2.05) is 0 Å². The first-order valence-electron chi connectivity index (χ1n) is 5.78. The van der Waals surface area contributed by atoms with Gasteiger partial charge >= 0.3 is 12.4 Å². The molecule has 9 heteroatoms. The van der Waals surface area contributed by atoms with Gasteiger partial charge in [-0.1, -0.05) is 0 Å². The van der Waals surface area contributed by atoms with Gasteiger partial charge in [-0.25, -0.2) is 0 Å². The Kier molecular flexibility index (Phi) is 4.73. The van der Waals surface area contributed by atoms with Crippen LogP contribution in [0.3, 0.4) is 0 Å². The van der Waals surface area contributed by atoms with Gasteiger partial charge in [0.2, 0.25) is 0 Å². The molecule has 1 heterocycles. The van der Waals surface area contributed by atoms with Gasteiger partial charge in [0.25, 0.3) is 0 Å². The molecule has 0 bridgehead atoms. The Bertz CT molecular complexity index is 423. The van der Waals surface area contributed by atoms with Crippen LogP contribution in [0, 0.1) is 5.92 Å². The molecule has 20 heavy (non-hydrogen) atoms. The van der Waals surface area contributed by atoms with Crippen molar-refractivity contribution in [2.45, 2.75) is 44.8 Å². The molecule has 1 atom stereocenters. The van der Waals surface area contributed by atoms with Crippen molar-refractivity contribution in [3.8, 4) is 0 Å². The third kappa shape index (κ3) is 4.12. The summed E-state index contributed by atoms with van der Waals surface area (Å²) in [6, 6.07) is 1.20. The molecule has 0 aliphatic rings. The highest BCUT2D eigenvalue weighted by Gasteiger charge is 2.60. The summed E-state index contributed by atoms with van der Waals surface area (Å²) in [4.78, 5) is 0. The highest BCUT2D eigenvalue weighted by molar-refractivity contribution is 5.03. The molecule has 1 unspecified atom stereocenters. The summed E-state index contributed by atoms with van der Waals surface area (Å²) in [5, 5.41) is 13.1. The first-order valence-corrected chi connectivity index (χ1v) is 5.78. The highest BCUT2D eigenvalue weighted by Crippen LogP contribution is 2.42. The molecule has 0 radical (unpaired) electrons. The van der Waals surface area contributed by atoms with E-state index in [-0.39, 0.29) is 11.7 Å². The van der Waals surface area contributed by atoms with E-state index >= 15 is 0 Å². The average molecular weight is 304 g/mol. The van der Waals surface area contributed by atoms with Gasteiger partial charge in [-0.2, -0.15) is 31.4 Å². The lowest BCUT2D eigenvalue weighted by Gasteiger charge is -2.26. The molecule has 1 N–H and O–H groups in total. The van der Waals surface area contributed by atoms with E-state index in [4.69, 9.17) is 0 Å². The summed E-state index contributed by atoms with van der Waals surface area (Å²) in [5.41, 5.74) is -0.0234. The third-order valence-corrected chi connectivity index (χ3v) is 2.70. The molecule has 3 nitrogen and oxygen atoms in total. The van der Waals surface area contributed by atoms with Crippen LogP contribution in [0.5, 0.6) is 0 Å². The fraction of sp³-hybridized carbons (Fsp3) is 0.727. The number of aliphatic hydroxyl groups is 1. The monoisotopic (exact) mass is 304 g/mol. The van der Waals surface area contributed by atoms with Gasteiger partial charge in [-0.3, -0.25) is 4.68 Å². The predicted octanol–water partition coefficient (Wildman–Crippen LogP) is 3.11. The van der Waals surface area contributed by atoms with Gasteiger partial charge < -0.3 is 5.11 Å². The Labute approximate surface area is 111 Å². The van der Waals surface area contributed by atoms with Crippen molar-refractivity contribution >= 4 is 0 Å². The summed E-state index contributed by atoms with van der Waals surface area (Å²) < 4.78 is 75.8. The van der Waals surface area contributed by atoms with Crippen LogP contribution in [-0.2, 0) is 6.42 Å². The molecular formula is C11H14F6N2O. The maximum Gasteiger partial charge on any atom is 0.403 e. The van der Waals surface area contributed by atoms with Crippen molar-refractivity contribution < 1.29 is 31.4 Å². The molecule has 0 saturated carbocycles. The van der Waals surface area contributed by atoms with Crippen molar-refractivity contribution in [1.29, 1.82) is 0 Å². The number of hydrogen-bond donors (Lipinski definition) is 1. The lowest BCUT2D eigenvalue weighted by molar-refractivity contribution is -0.305. The Balaban J connectivity index is 2.88. The van der Waals surface area contributed by atoms with Crippen LogP contribution in [0.15, 0.2) is 12.3 Å². The number of rotatable bonds is 4. The molecule has 0 aliphatic carbocycles. The fourth-order valence-electron chi connectivity index (χ4n) is 1.73. The zero-order chi connectivity index (χ0) is 15.7. The number of halogens is 6. The molecule has 1 aromatic heterocycles. The molecule has 0 aliphatic heterocycles. The highest BCUT2D eigenvalue weighted by atomic mass is 19.4. The van der Waals surface area contributed by atoms with Crippen molar-refractivity contribution in [3.63, 3.8) is 0 Å². The SMILES string of the molecule is CC(C)n1ccc(CC(O)C(C(F)(F)F)C(F)(F)F)n1. The van der Waals surface area contributed by atoms with E-state index in [0.29, 0.717) is 0 Å². The third-order valence-electron chi connectivity index (χ3n) is 2.70. The quantitative estimate of drug-likeness (QED) is 0.868. The van der Waals surface area contributed by atoms with Crippen molar-refractivity contribution in [3.05, 3.63) is 18.0 Å². The molecule has 0 saturated heterocycles. The summed E-state index contributed by atoms with van der Waals surface area (Å²) in [7, 11) is 0. The largest absolute Gasteiger partial charge is 0.403 e. The molecule has 0 spiro atoms. The van der Waals surface area contributed by atoms with E-state index in [9.17, 15) is 31.4 Å². The van der Waals surface area contributed by atoms with E-state index in [2.05, 4.69) is 5.10 Å². The second kappa shape index (κ2) is 5.63. The predicted molar refractivity (Wildman–Crippen MR) is 57.9 cm³/mol. The van der Waals surface area contributed by atoms with Crippen LogP contribution in [0.1, 0.15) is 25.6 Å². The second-order valence-electron chi connectivity index (χ2n) is 4.71. The smallest absolute Gasteiger partial charge is 0.392 e. The number of aromatic nitrogens is 2. The normalized spacial score (nSPS) is 15.2. The standard InChI is InChI=1S/C11H14F6N2O/c1-6(2)19-4-3-7(18-19)5-8(20)9(10(12,13)14)11(15,16)17/h3-4,6,8-9,20H,5H2,1-2H3. The molecule has 0 aromatic carbocycles. The number of alkyl halides is 6. The molecule has 0 fully saturated rings. The molecule has 0 amide bonds. The molecule has 116 valence electrons. The summed E-state index contributed by atoms with van der Waals surface area (Å²) in [5.74, 6) is -3.78. The van der Waals surface area contributed by atoms with Gasteiger partial charge in [0, 0.05) is 18.7 Å². The second-order valence-corrected chi connectivity index (χ2v) is 4.71. The minimum absolute atomic E-state index is 0.0234. The Morgan fingerprint density at radius 2 is 1.65 bits per heavy atom. The van der Waals surface area contributed by atoms with Gasteiger partial charge in [-0.05, 0) is 19.9 Å². The first kappa shape index (κ1) is 16.8. The minimum atomic E-state index is -5.56. The summed E-state index contributed by atoms with van der Waals surface area (Å²) in [6.45, 7) is 3.50. The van der Waals surface area contributed by atoms with Crippen LogP contribution in [0.2, 0.25) is 0 Å². The number of hydrogen-bond acceptors (Lipinski definition) is 2. The van der Waals surface area contributed by atoms with Gasteiger partial charge in [0.05, 0.1) is 11.8 Å². The van der Waals surface area contributed by atoms with Crippen LogP contribution in [-0.4, -0.2) is 33.3 Å². The van der Waals surface area contributed by atoms with Gasteiger partial charge in [0.15, 0.2) is 5.92 Å². The van der Waals surface area contributed by atoms with E-state index in [1.54, 1.807) is 13.8 Å². The topological polar surface area (TPSA) is 38.0 Å². The fourth-order valence-corrected chi connectivity index (χ4v) is 1.73. The van der Waals surface area contributed by atoms with Crippen molar-refractivity contribution in [2.75, 3.05) is 0 Å². The molecular weight excluding hydrogens is 290 g/mol. The maximum atomic E-state index is 12.4. The zero-order valence-electron chi connectivity index (χ0n) is 10.7. The van der Waals surface area contributed by atoms with Gasteiger partial charge in [-0.15, -0.1) is 0 Å². The van der Waals surface area contributed by atoms with E-state index in [0.717, 1.165) is 0 Å².